The SMILES string of the molecule is CC(=O)N[C@H](c1nc(C(=O)N2CCC(N3CCOC3=O)CC2)cs1)C(C)C. The molecule has 0 radical (unpaired) electrons. The first kappa shape index (κ1) is 19.6. The lowest BCUT2D eigenvalue weighted by Crippen LogP contribution is -2.47. The number of likely N-dealkylation sites (tertiary alicyclic amines) is 1. The minimum absolute atomic E-state index is 0.0923. The molecule has 148 valence electrons. The number of thiazole rings is 1. The number of nitrogens with one attached hydrogen (secondary N) is 1. The van der Waals surface area contributed by atoms with Crippen molar-refractivity contribution in [3.63, 3.8) is 0 Å². The van der Waals surface area contributed by atoms with E-state index in [0.717, 1.165) is 17.8 Å². The number of rotatable bonds is 5. The van der Waals surface area contributed by atoms with Crippen molar-refractivity contribution in [2.24, 2.45) is 5.92 Å². The minimum Gasteiger partial charge on any atom is -0.448 e. The van der Waals surface area contributed by atoms with Crippen molar-refractivity contribution in [1.29, 1.82) is 0 Å². The van der Waals surface area contributed by atoms with Crippen LogP contribution in [0.25, 0.3) is 0 Å². The number of ether oxygens (including phenoxy) is 1. The molecule has 3 rings (SSSR count). The van der Waals surface area contributed by atoms with E-state index < -0.39 is 0 Å². The second-order valence-electron chi connectivity index (χ2n) is 7.32. The average Bonchev–Trinajstić information content (AvgIpc) is 3.28. The van der Waals surface area contributed by atoms with Gasteiger partial charge in [-0.05, 0) is 18.8 Å². The van der Waals surface area contributed by atoms with E-state index in [9.17, 15) is 14.4 Å². The van der Waals surface area contributed by atoms with Crippen molar-refractivity contribution in [3.05, 3.63) is 16.1 Å². The van der Waals surface area contributed by atoms with Crippen molar-refractivity contribution in [2.45, 2.75) is 45.7 Å². The van der Waals surface area contributed by atoms with Gasteiger partial charge in [-0.2, -0.15) is 0 Å². The number of piperidine rings is 1. The highest BCUT2D eigenvalue weighted by Crippen LogP contribution is 2.26. The van der Waals surface area contributed by atoms with E-state index >= 15 is 0 Å². The van der Waals surface area contributed by atoms with E-state index in [4.69, 9.17) is 4.74 Å². The van der Waals surface area contributed by atoms with Crippen LogP contribution in [-0.4, -0.2) is 65.0 Å². The third-order valence-corrected chi connectivity index (χ3v) is 5.95. The van der Waals surface area contributed by atoms with Crippen LogP contribution in [-0.2, 0) is 9.53 Å². The normalized spacial score (nSPS) is 19.3. The molecule has 1 atom stereocenters. The molecule has 1 aromatic heterocycles. The van der Waals surface area contributed by atoms with Gasteiger partial charge in [-0.1, -0.05) is 13.8 Å². The highest BCUT2D eigenvalue weighted by Gasteiger charge is 2.34. The maximum atomic E-state index is 12.8. The number of amides is 3. The summed E-state index contributed by atoms with van der Waals surface area (Å²) in [5.74, 6) is -0.0245. The van der Waals surface area contributed by atoms with E-state index in [1.807, 2.05) is 13.8 Å². The van der Waals surface area contributed by atoms with E-state index in [2.05, 4.69) is 10.3 Å². The summed E-state index contributed by atoms with van der Waals surface area (Å²) < 4.78 is 5.00. The molecule has 3 amide bonds. The van der Waals surface area contributed by atoms with Gasteiger partial charge in [-0.3, -0.25) is 9.59 Å². The largest absolute Gasteiger partial charge is 0.448 e. The second-order valence-corrected chi connectivity index (χ2v) is 8.21. The molecule has 0 aliphatic carbocycles. The van der Waals surface area contributed by atoms with Gasteiger partial charge in [0, 0.05) is 31.4 Å². The number of aromatic nitrogens is 1. The van der Waals surface area contributed by atoms with Gasteiger partial charge < -0.3 is 19.9 Å². The van der Waals surface area contributed by atoms with Crippen LogP contribution < -0.4 is 5.32 Å². The highest BCUT2D eigenvalue weighted by molar-refractivity contribution is 7.09. The summed E-state index contributed by atoms with van der Waals surface area (Å²) in [6, 6.07) is -0.0545. The molecular weight excluding hydrogens is 368 g/mol. The molecule has 0 spiro atoms. The molecule has 1 aromatic rings. The van der Waals surface area contributed by atoms with Gasteiger partial charge in [-0.25, -0.2) is 9.78 Å². The predicted octanol–water partition coefficient (Wildman–Crippen LogP) is 2.03. The van der Waals surface area contributed by atoms with Crippen LogP contribution in [0, 0.1) is 5.92 Å². The highest BCUT2D eigenvalue weighted by atomic mass is 32.1. The maximum absolute atomic E-state index is 12.8. The number of carbonyl (C=O) groups is 3. The molecule has 2 aliphatic heterocycles. The molecule has 0 unspecified atom stereocenters. The van der Waals surface area contributed by atoms with Gasteiger partial charge in [0.1, 0.15) is 17.3 Å². The minimum atomic E-state index is -0.249. The van der Waals surface area contributed by atoms with E-state index in [1.165, 1.54) is 18.3 Å². The zero-order valence-electron chi connectivity index (χ0n) is 15.9. The summed E-state index contributed by atoms with van der Waals surface area (Å²) in [7, 11) is 0. The van der Waals surface area contributed by atoms with E-state index in [1.54, 1.807) is 15.2 Å². The summed E-state index contributed by atoms with van der Waals surface area (Å²) in [4.78, 5) is 44.0. The van der Waals surface area contributed by atoms with Crippen LogP contribution in [0.4, 0.5) is 4.79 Å². The Morgan fingerprint density at radius 1 is 1.30 bits per heavy atom. The third kappa shape index (κ3) is 4.40. The molecule has 3 heterocycles. The standard InChI is InChI=1S/C18H26N4O4S/c1-11(2)15(19-12(3)23)16-20-14(10-27-16)17(24)21-6-4-13(5-7-21)22-8-9-26-18(22)25/h10-11,13,15H,4-9H2,1-3H3,(H,19,23)/t15-/m0/s1. The number of hydrogen-bond acceptors (Lipinski definition) is 6. The van der Waals surface area contributed by atoms with Crippen molar-refractivity contribution in [3.8, 4) is 0 Å². The summed E-state index contributed by atoms with van der Waals surface area (Å²) in [6.45, 7) is 7.78. The average molecular weight is 394 g/mol. The summed E-state index contributed by atoms with van der Waals surface area (Å²) in [5.41, 5.74) is 0.421. The Morgan fingerprint density at radius 3 is 2.56 bits per heavy atom. The quantitative estimate of drug-likeness (QED) is 0.825. The molecule has 0 bridgehead atoms. The Kier molecular flexibility index (Phi) is 5.98. The monoisotopic (exact) mass is 394 g/mol. The topological polar surface area (TPSA) is 91.8 Å². The van der Waals surface area contributed by atoms with Gasteiger partial charge in [-0.15, -0.1) is 11.3 Å². The van der Waals surface area contributed by atoms with Gasteiger partial charge >= 0.3 is 6.09 Å². The van der Waals surface area contributed by atoms with E-state index in [0.29, 0.717) is 31.9 Å². The molecule has 9 heteroatoms. The van der Waals surface area contributed by atoms with Crippen molar-refractivity contribution >= 4 is 29.2 Å². The Morgan fingerprint density at radius 2 is 2.00 bits per heavy atom. The summed E-state index contributed by atoms with van der Waals surface area (Å²) in [6.07, 6.45) is 1.25. The van der Waals surface area contributed by atoms with E-state index in [-0.39, 0.29) is 35.9 Å². The van der Waals surface area contributed by atoms with Gasteiger partial charge in [0.2, 0.25) is 5.91 Å². The zero-order valence-corrected chi connectivity index (χ0v) is 16.8. The fourth-order valence-electron chi connectivity index (χ4n) is 3.54. The fourth-order valence-corrected chi connectivity index (χ4v) is 4.56. The number of nitrogens with zero attached hydrogens (tertiary/aromatic N) is 3. The molecular formula is C18H26N4O4S. The molecule has 27 heavy (non-hydrogen) atoms. The summed E-state index contributed by atoms with van der Waals surface area (Å²) in [5, 5.41) is 5.41. The Bertz CT molecular complexity index is 712. The Labute approximate surface area is 162 Å². The second kappa shape index (κ2) is 8.24. The number of carbonyl (C=O) groups excluding carboxylic acids is 3. The van der Waals surface area contributed by atoms with Crippen LogP contribution in [0.3, 0.4) is 0 Å². The lowest BCUT2D eigenvalue weighted by Gasteiger charge is -2.35. The zero-order chi connectivity index (χ0) is 19.6. The van der Waals surface area contributed by atoms with Crippen molar-refractivity contribution in [2.75, 3.05) is 26.2 Å². The van der Waals surface area contributed by atoms with Crippen LogP contribution in [0.1, 0.15) is 55.2 Å². The molecule has 0 saturated carbocycles. The lowest BCUT2D eigenvalue weighted by molar-refractivity contribution is -0.120. The summed E-state index contributed by atoms with van der Waals surface area (Å²) >= 11 is 1.40. The molecule has 2 saturated heterocycles. The molecule has 0 aromatic carbocycles. The first-order chi connectivity index (χ1) is 12.9. The predicted molar refractivity (Wildman–Crippen MR) is 100 cm³/mol. The first-order valence-corrected chi connectivity index (χ1v) is 10.2. The molecule has 2 fully saturated rings. The van der Waals surface area contributed by atoms with Gasteiger partial charge in [0.05, 0.1) is 12.6 Å². The third-order valence-electron chi connectivity index (χ3n) is 5.02. The molecule has 1 N–H and O–H groups in total. The maximum Gasteiger partial charge on any atom is 0.410 e. The fraction of sp³-hybridized carbons (Fsp3) is 0.667. The Balaban J connectivity index is 1.61. The molecule has 8 nitrogen and oxygen atoms in total. The van der Waals surface area contributed by atoms with Gasteiger partial charge in [0.15, 0.2) is 0 Å². The number of hydrogen-bond donors (Lipinski definition) is 1. The Hall–Kier alpha value is -2.16. The van der Waals surface area contributed by atoms with Gasteiger partial charge in [0.25, 0.3) is 5.91 Å². The first-order valence-electron chi connectivity index (χ1n) is 9.32. The van der Waals surface area contributed by atoms with Crippen molar-refractivity contribution < 1.29 is 19.1 Å². The van der Waals surface area contributed by atoms with Crippen LogP contribution in [0.15, 0.2) is 5.38 Å². The van der Waals surface area contributed by atoms with Crippen LogP contribution in [0.5, 0.6) is 0 Å². The smallest absolute Gasteiger partial charge is 0.410 e. The molecule has 2 aliphatic rings. The van der Waals surface area contributed by atoms with Crippen molar-refractivity contribution in [1.82, 2.24) is 20.1 Å². The number of cyclic esters (lactones) is 1. The van der Waals surface area contributed by atoms with Crippen LogP contribution >= 0.6 is 11.3 Å². The van der Waals surface area contributed by atoms with Crippen LogP contribution in [0.2, 0.25) is 0 Å². The lowest BCUT2D eigenvalue weighted by atomic mass is 10.0.